The van der Waals surface area contributed by atoms with Crippen LogP contribution in [0.15, 0.2) is 30.5 Å². The van der Waals surface area contributed by atoms with Crippen LogP contribution in [0.4, 0.5) is 10.2 Å². The quantitative estimate of drug-likeness (QED) is 0.804. The van der Waals surface area contributed by atoms with Gasteiger partial charge >= 0.3 is 0 Å². The molecule has 0 saturated heterocycles. The third-order valence-electron chi connectivity index (χ3n) is 2.36. The van der Waals surface area contributed by atoms with Crippen molar-refractivity contribution in [1.82, 2.24) is 9.78 Å². The zero-order valence-corrected chi connectivity index (χ0v) is 9.71. The number of thiol groups is 1. The second-order valence-corrected chi connectivity index (χ2v) is 3.78. The molecule has 2 aromatic rings. The Morgan fingerprint density at radius 1 is 1.44 bits per heavy atom. The summed E-state index contributed by atoms with van der Waals surface area (Å²) in [6.45, 7) is 2.17. The molecule has 1 heterocycles. The number of benzene rings is 1. The summed E-state index contributed by atoms with van der Waals surface area (Å²) >= 11 is 3.89. The van der Waals surface area contributed by atoms with Gasteiger partial charge in [-0.2, -0.15) is 5.10 Å². The molecule has 0 aliphatic rings. The number of aromatic nitrogens is 2. The Morgan fingerprint density at radius 3 is 2.94 bits per heavy atom. The Hall–Kier alpha value is -1.49. The van der Waals surface area contributed by atoms with E-state index in [1.807, 2.05) is 6.07 Å². The van der Waals surface area contributed by atoms with Crippen LogP contribution in [0.3, 0.4) is 0 Å². The van der Waals surface area contributed by atoms with E-state index in [9.17, 15) is 4.39 Å². The number of hydrogen-bond donors (Lipinski definition) is 2. The summed E-state index contributed by atoms with van der Waals surface area (Å²) in [5, 5.41) is 4.16. The molecule has 0 fully saturated rings. The molecule has 0 aliphatic heterocycles. The van der Waals surface area contributed by atoms with Crippen molar-refractivity contribution in [3.8, 4) is 0 Å². The van der Waals surface area contributed by atoms with Crippen molar-refractivity contribution >= 4 is 18.6 Å². The monoisotopic (exact) mass is 237 g/mol. The van der Waals surface area contributed by atoms with Crippen molar-refractivity contribution in [2.24, 2.45) is 0 Å². The lowest BCUT2D eigenvalue weighted by molar-refractivity contribution is 0.578. The molecule has 0 spiro atoms. The van der Waals surface area contributed by atoms with Gasteiger partial charge in [-0.25, -0.2) is 4.39 Å². The summed E-state index contributed by atoms with van der Waals surface area (Å²) < 4.78 is 18.0. The van der Waals surface area contributed by atoms with E-state index in [0.29, 0.717) is 23.5 Å². The van der Waals surface area contributed by atoms with Crippen LogP contribution >= 0.6 is 12.8 Å². The van der Waals surface area contributed by atoms with Crippen LogP contribution in [0.1, 0.15) is 11.1 Å². The van der Waals surface area contributed by atoms with Crippen LogP contribution in [0, 0.1) is 12.7 Å². The van der Waals surface area contributed by atoms with Gasteiger partial charge < -0.3 is 4.72 Å². The molecule has 3 nitrogen and oxygen atoms in total. The Labute approximate surface area is 98.8 Å². The fourth-order valence-electron chi connectivity index (χ4n) is 1.51. The van der Waals surface area contributed by atoms with Crippen molar-refractivity contribution in [2.75, 3.05) is 4.72 Å². The number of halogens is 1. The van der Waals surface area contributed by atoms with Gasteiger partial charge in [0.05, 0.1) is 6.54 Å². The molecule has 1 aromatic heterocycles. The molecule has 0 amide bonds. The van der Waals surface area contributed by atoms with Gasteiger partial charge in [0.15, 0.2) is 5.82 Å². The summed E-state index contributed by atoms with van der Waals surface area (Å²) in [6.07, 6.45) is 1.78. The van der Waals surface area contributed by atoms with E-state index >= 15 is 0 Å². The predicted octanol–water partition coefficient (Wildman–Crippen LogP) is 2.64. The maximum atomic E-state index is 13.7. The topological polar surface area (TPSA) is 29.9 Å². The van der Waals surface area contributed by atoms with Crippen molar-refractivity contribution < 1.29 is 4.39 Å². The second-order valence-electron chi connectivity index (χ2n) is 3.56. The Morgan fingerprint density at radius 2 is 2.25 bits per heavy atom. The van der Waals surface area contributed by atoms with Gasteiger partial charge in [-0.05, 0) is 12.5 Å². The number of rotatable bonds is 3. The maximum Gasteiger partial charge on any atom is 0.157 e. The average molecular weight is 237 g/mol. The number of aryl methyl sites for hydroxylation is 1. The van der Waals surface area contributed by atoms with Gasteiger partial charge in [0, 0.05) is 17.8 Å². The van der Waals surface area contributed by atoms with Crippen molar-refractivity contribution in [3.05, 3.63) is 47.4 Å². The number of nitrogens with zero attached hydrogens (tertiary/aromatic N) is 2. The first kappa shape index (κ1) is 11.0. The molecule has 0 saturated carbocycles. The predicted molar refractivity (Wildman–Crippen MR) is 65.1 cm³/mol. The standard InChI is InChI=1S/C11H12FN3S/c1-8-3-2-4-9(11(8)12)7-15-6-5-10(13-15)14-16/h2-6,16H,7H2,1H3,(H,13,14). The zero-order chi connectivity index (χ0) is 11.5. The average Bonchev–Trinajstić information content (AvgIpc) is 2.73. The minimum absolute atomic E-state index is 0.168. The number of anilines is 1. The highest BCUT2D eigenvalue weighted by Crippen LogP contribution is 2.13. The summed E-state index contributed by atoms with van der Waals surface area (Å²) in [5.74, 6) is 0.481. The summed E-state index contributed by atoms with van der Waals surface area (Å²) in [7, 11) is 0. The van der Waals surface area contributed by atoms with E-state index in [2.05, 4.69) is 22.6 Å². The van der Waals surface area contributed by atoms with Crippen LogP contribution in [0.5, 0.6) is 0 Å². The smallest absolute Gasteiger partial charge is 0.157 e. The van der Waals surface area contributed by atoms with Crippen LogP contribution in [-0.4, -0.2) is 9.78 Å². The first-order valence-electron chi connectivity index (χ1n) is 4.88. The molecule has 2 rings (SSSR count). The maximum absolute atomic E-state index is 13.7. The van der Waals surface area contributed by atoms with E-state index in [0.717, 1.165) is 0 Å². The Bertz CT molecular complexity index is 496. The molecule has 0 atom stereocenters. The molecule has 84 valence electrons. The Balaban J connectivity index is 2.23. The van der Waals surface area contributed by atoms with E-state index in [-0.39, 0.29) is 5.82 Å². The van der Waals surface area contributed by atoms with Gasteiger partial charge in [0.2, 0.25) is 0 Å². The molecule has 0 bridgehead atoms. The zero-order valence-electron chi connectivity index (χ0n) is 8.81. The normalized spacial score (nSPS) is 10.4. The summed E-state index contributed by atoms with van der Waals surface area (Å²) in [6, 6.07) is 7.14. The van der Waals surface area contributed by atoms with E-state index in [4.69, 9.17) is 0 Å². The van der Waals surface area contributed by atoms with Crippen LogP contribution < -0.4 is 4.72 Å². The molecule has 1 aromatic carbocycles. The highest BCUT2D eigenvalue weighted by atomic mass is 32.1. The highest BCUT2D eigenvalue weighted by Gasteiger charge is 2.06. The van der Waals surface area contributed by atoms with Crippen molar-refractivity contribution in [2.45, 2.75) is 13.5 Å². The largest absolute Gasteiger partial charge is 0.316 e. The SMILES string of the molecule is Cc1cccc(Cn2ccc(NS)n2)c1F. The van der Waals surface area contributed by atoms with Crippen molar-refractivity contribution in [1.29, 1.82) is 0 Å². The minimum atomic E-state index is -0.168. The van der Waals surface area contributed by atoms with Gasteiger partial charge in [-0.1, -0.05) is 31.0 Å². The lowest BCUT2D eigenvalue weighted by Crippen LogP contribution is -2.03. The van der Waals surface area contributed by atoms with Crippen LogP contribution in [-0.2, 0) is 6.54 Å². The Kier molecular flexibility index (Phi) is 3.14. The van der Waals surface area contributed by atoms with Crippen LogP contribution in [0.2, 0.25) is 0 Å². The molecular formula is C11H12FN3S. The molecule has 0 unspecified atom stereocenters. The fraction of sp³-hybridized carbons (Fsp3) is 0.182. The first-order valence-corrected chi connectivity index (χ1v) is 5.33. The van der Waals surface area contributed by atoms with E-state index in [1.165, 1.54) is 0 Å². The van der Waals surface area contributed by atoms with Gasteiger partial charge in [0.1, 0.15) is 5.82 Å². The number of nitrogens with one attached hydrogen (secondary N) is 1. The molecule has 5 heteroatoms. The molecule has 16 heavy (non-hydrogen) atoms. The van der Waals surface area contributed by atoms with Crippen LogP contribution in [0.25, 0.3) is 0 Å². The van der Waals surface area contributed by atoms with Gasteiger partial charge in [0.25, 0.3) is 0 Å². The number of hydrogen-bond acceptors (Lipinski definition) is 3. The molecular weight excluding hydrogens is 225 g/mol. The van der Waals surface area contributed by atoms with Gasteiger partial charge in [-0.3, -0.25) is 4.68 Å². The molecule has 0 radical (unpaired) electrons. The summed E-state index contributed by atoms with van der Waals surface area (Å²) in [5.41, 5.74) is 1.28. The third kappa shape index (κ3) is 2.19. The highest BCUT2D eigenvalue weighted by molar-refractivity contribution is 7.81. The molecule has 1 N–H and O–H groups in total. The van der Waals surface area contributed by atoms with Gasteiger partial charge in [-0.15, -0.1) is 0 Å². The molecule has 0 aliphatic carbocycles. The lowest BCUT2D eigenvalue weighted by atomic mass is 10.1. The summed E-state index contributed by atoms with van der Waals surface area (Å²) in [4.78, 5) is 0. The first-order chi connectivity index (χ1) is 7.70. The van der Waals surface area contributed by atoms with E-state index < -0.39 is 0 Å². The minimum Gasteiger partial charge on any atom is -0.316 e. The third-order valence-corrected chi connectivity index (χ3v) is 2.59. The fourth-order valence-corrected chi connectivity index (χ4v) is 1.63. The van der Waals surface area contributed by atoms with E-state index in [1.54, 1.807) is 36.0 Å². The lowest BCUT2D eigenvalue weighted by Gasteiger charge is -2.05. The second kappa shape index (κ2) is 4.57. The van der Waals surface area contributed by atoms with Crippen molar-refractivity contribution in [3.63, 3.8) is 0 Å².